The molecule has 0 aliphatic carbocycles. The molecule has 1 aromatic heterocycles. The van der Waals surface area contributed by atoms with Crippen LogP contribution in [0.25, 0.3) is 98.4 Å². The molecule has 0 fully saturated rings. The van der Waals surface area contributed by atoms with Gasteiger partial charge in [-0.1, -0.05) is 158 Å². The van der Waals surface area contributed by atoms with Gasteiger partial charge >= 0.3 is 0 Å². The van der Waals surface area contributed by atoms with Gasteiger partial charge in [0.1, 0.15) is 11.2 Å². The van der Waals surface area contributed by atoms with Gasteiger partial charge in [-0.05, 0) is 88.6 Å². The van der Waals surface area contributed by atoms with Gasteiger partial charge in [0, 0.05) is 10.8 Å². The van der Waals surface area contributed by atoms with Gasteiger partial charge in [-0.2, -0.15) is 0 Å². The van der Waals surface area contributed by atoms with Crippen molar-refractivity contribution in [2.45, 2.75) is 0 Å². The van der Waals surface area contributed by atoms with Crippen molar-refractivity contribution in [1.82, 2.24) is 0 Å². The summed E-state index contributed by atoms with van der Waals surface area (Å²) in [5.74, 6) is 0. The highest BCUT2D eigenvalue weighted by atomic mass is 16.3. The number of hydrogen-bond donors (Lipinski definition) is 0. The summed E-state index contributed by atoms with van der Waals surface area (Å²) < 4.78 is 80.3. The molecule has 47 heavy (non-hydrogen) atoms. The highest BCUT2D eigenvalue weighted by molar-refractivity contribution is 6.29. The zero-order chi connectivity index (χ0) is 37.9. The lowest BCUT2D eigenvalue weighted by Gasteiger charge is -2.20. The quantitative estimate of drug-likeness (QED) is 0.183. The summed E-state index contributed by atoms with van der Waals surface area (Å²) in [6.45, 7) is 0. The van der Waals surface area contributed by atoms with Crippen LogP contribution in [0.2, 0.25) is 0 Å². The van der Waals surface area contributed by atoms with Crippen LogP contribution >= 0.6 is 0 Å². The Bertz CT molecular complexity index is 3220. The summed E-state index contributed by atoms with van der Waals surface area (Å²) in [6.07, 6.45) is 0. The lowest BCUT2D eigenvalue weighted by Crippen LogP contribution is -1.93. The maximum atomic E-state index is 9.54. The summed E-state index contributed by atoms with van der Waals surface area (Å²) in [5, 5.41) is 5.72. The van der Waals surface area contributed by atoms with Gasteiger partial charge in [0.15, 0.2) is 0 Å². The zero-order valence-electron chi connectivity index (χ0n) is 33.0. The average molecular weight is 605 g/mol. The fraction of sp³-hybridized carbons (Fsp3) is 0. The summed E-state index contributed by atoms with van der Waals surface area (Å²) in [7, 11) is 0. The van der Waals surface area contributed by atoms with Crippen molar-refractivity contribution in [3.05, 3.63) is 170 Å². The molecule has 0 aliphatic heterocycles. The minimum atomic E-state index is -0.441. The second-order valence-electron chi connectivity index (χ2n) is 11.8. The molecule has 0 aliphatic rings. The van der Waals surface area contributed by atoms with E-state index in [1.165, 1.54) is 0 Å². The Hall–Kier alpha value is -6.18. The Morgan fingerprint density at radius 1 is 0.362 bits per heavy atom. The lowest BCUT2D eigenvalue weighted by molar-refractivity contribution is 0.669. The second-order valence-corrected chi connectivity index (χ2v) is 11.8. The number of benzene rings is 9. The predicted octanol–water partition coefficient (Wildman–Crippen LogP) is 13.2. The molecule has 0 amide bonds. The molecular formula is C46H28O. The van der Waals surface area contributed by atoms with Crippen molar-refractivity contribution >= 4 is 65.0 Å². The SMILES string of the molecule is [2H]c1c([2H])c([2H])c2c(-c3cccc4oc5ccc6ccccc6c5c34)c3c([2H])c([2H])c([2H])c([2H])c3c(-c3ccc(-c4ccccc4)c4ccccc34)c2c1[2H]. The molecule has 1 heterocycles. The van der Waals surface area contributed by atoms with Crippen LogP contribution in [0.3, 0.4) is 0 Å². The Balaban J connectivity index is 1.49. The van der Waals surface area contributed by atoms with E-state index in [-0.39, 0.29) is 45.7 Å². The van der Waals surface area contributed by atoms with Crippen LogP contribution in [0.1, 0.15) is 11.0 Å². The highest BCUT2D eigenvalue weighted by Crippen LogP contribution is 2.49. The minimum absolute atomic E-state index is 0.164. The molecule has 0 radical (unpaired) electrons. The average Bonchev–Trinajstić information content (AvgIpc) is 3.62. The van der Waals surface area contributed by atoms with Crippen LogP contribution in [0.5, 0.6) is 0 Å². The molecule has 0 atom stereocenters. The molecule has 10 rings (SSSR count). The van der Waals surface area contributed by atoms with Gasteiger partial charge in [0.05, 0.1) is 11.0 Å². The van der Waals surface area contributed by atoms with Gasteiger partial charge in [0.2, 0.25) is 0 Å². The third-order valence-electron chi connectivity index (χ3n) is 9.31. The minimum Gasteiger partial charge on any atom is -0.456 e. The standard InChI is InChI=1S/C46H28O/c1-2-13-29(14-3-1)31-26-27-39(34-18-7-6-17-33(31)34)43-35-19-8-10-21-37(35)44(38-22-11-9-20-36(38)43)40-23-12-24-41-46(40)45-32-16-5-4-15-30(32)25-28-42(45)47-41/h1-28H/i8D,9D,10D,11D,19D,20D,21D,22D. The van der Waals surface area contributed by atoms with Crippen LogP contribution in [-0.2, 0) is 0 Å². The molecule has 0 bridgehead atoms. The largest absolute Gasteiger partial charge is 0.456 e. The molecule has 9 aromatic carbocycles. The zero-order valence-corrected chi connectivity index (χ0v) is 25.0. The van der Waals surface area contributed by atoms with E-state index >= 15 is 0 Å². The van der Waals surface area contributed by atoms with Crippen molar-refractivity contribution in [1.29, 1.82) is 0 Å². The maximum absolute atomic E-state index is 9.54. The van der Waals surface area contributed by atoms with Gasteiger partial charge < -0.3 is 4.42 Å². The van der Waals surface area contributed by atoms with Crippen molar-refractivity contribution in [2.24, 2.45) is 0 Å². The highest BCUT2D eigenvalue weighted by Gasteiger charge is 2.22. The van der Waals surface area contributed by atoms with Crippen LogP contribution < -0.4 is 0 Å². The second kappa shape index (κ2) is 10.2. The smallest absolute Gasteiger partial charge is 0.136 e. The van der Waals surface area contributed by atoms with E-state index in [1.54, 1.807) is 6.07 Å². The summed E-state index contributed by atoms with van der Waals surface area (Å²) in [6, 6.07) is 36.0. The van der Waals surface area contributed by atoms with Gasteiger partial charge in [-0.3, -0.25) is 0 Å². The van der Waals surface area contributed by atoms with E-state index in [2.05, 4.69) is 0 Å². The van der Waals surface area contributed by atoms with Crippen molar-refractivity contribution in [2.75, 3.05) is 0 Å². The molecule has 0 saturated carbocycles. The molecular weight excluding hydrogens is 569 g/mol. The molecule has 0 saturated heterocycles. The molecule has 10 aromatic rings. The molecule has 1 heteroatoms. The first-order valence-electron chi connectivity index (χ1n) is 19.5. The van der Waals surface area contributed by atoms with Crippen molar-refractivity contribution in [3.8, 4) is 33.4 Å². The lowest BCUT2D eigenvalue weighted by atomic mass is 9.83. The van der Waals surface area contributed by atoms with E-state index in [0.29, 0.717) is 38.8 Å². The van der Waals surface area contributed by atoms with E-state index in [4.69, 9.17) is 9.90 Å². The van der Waals surface area contributed by atoms with Gasteiger partial charge in [-0.15, -0.1) is 0 Å². The topological polar surface area (TPSA) is 13.1 Å². The first-order valence-corrected chi connectivity index (χ1v) is 15.5. The predicted molar refractivity (Wildman–Crippen MR) is 200 cm³/mol. The maximum Gasteiger partial charge on any atom is 0.136 e. The number of fused-ring (bicyclic) bond motifs is 8. The van der Waals surface area contributed by atoms with Crippen LogP contribution in [0, 0.1) is 0 Å². The molecule has 0 spiro atoms. The summed E-state index contributed by atoms with van der Waals surface area (Å²) >= 11 is 0. The van der Waals surface area contributed by atoms with Crippen LogP contribution in [-0.4, -0.2) is 0 Å². The Morgan fingerprint density at radius 3 is 1.62 bits per heavy atom. The number of furan rings is 1. The Labute approximate surface area is 283 Å². The van der Waals surface area contributed by atoms with E-state index in [0.717, 1.165) is 38.1 Å². The van der Waals surface area contributed by atoms with E-state index < -0.39 is 24.2 Å². The third-order valence-corrected chi connectivity index (χ3v) is 9.31. The fourth-order valence-electron chi connectivity index (χ4n) is 7.35. The molecule has 1 nitrogen and oxygen atoms in total. The number of rotatable bonds is 3. The van der Waals surface area contributed by atoms with E-state index in [1.807, 2.05) is 115 Å². The Morgan fingerprint density at radius 2 is 0.915 bits per heavy atom. The van der Waals surface area contributed by atoms with Crippen LogP contribution in [0.15, 0.2) is 174 Å². The number of hydrogen-bond acceptors (Lipinski definition) is 1. The summed E-state index contributed by atoms with van der Waals surface area (Å²) in [5.41, 5.74) is 4.85. The fourth-order valence-corrected chi connectivity index (χ4v) is 7.35. The monoisotopic (exact) mass is 604 g/mol. The van der Waals surface area contributed by atoms with Gasteiger partial charge in [0.25, 0.3) is 0 Å². The Kier molecular flexibility index (Phi) is 4.19. The molecule has 0 unspecified atom stereocenters. The molecule has 218 valence electrons. The van der Waals surface area contributed by atoms with Crippen molar-refractivity contribution < 1.29 is 15.4 Å². The third kappa shape index (κ3) is 3.84. The first kappa shape index (κ1) is 19.4. The van der Waals surface area contributed by atoms with Crippen molar-refractivity contribution in [3.63, 3.8) is 0 Å². The first-order chi connectivity index (χ1) is 26.7. The van der Waals surface area contributed by atoms with Crippen LogP contribution in [0.4, 0.5) is 0 Å². The van der Waals surface area contributed by atoms with Gasteiger partial charge in [-0.25, -0.2) is 0 Å². The normalized spacial score (nSPS) is 14.2. The summed E-state index contributed by atoms with van der Waals surface area (Å²) in [4.78, 5) is 0. The van der Waals surface area contributed by atoms with E-state index in [9.17, 15) is 5.48 Å². The molecule has 0 N–H and O–H groups in total.